The van der Waals surface area contributed by atoms with Gasteiger partial charge in [-0.1, -0.05) is 13.8 Å². The first kappa shape index (κ1) is 15.9. The molecule has 0 saturated heterocycles. The molecule has 0 aromatic heterocycles. The van der Waals surface area contributed by atoms with Crippen molar-refractivity contribution >= 4 is 11.9 Å². The molecule has 5 N–H and O–H groups in total. The second-order valence-corrected chi connectivity index (χ2v) is 4.86. The van der Waals surface area contributed by atoms with Crippen LogP contribution in [0, 0.1) is 5.41 Å². The van der Waals surface area contributed by atoms with Gasteiger partial charge in [-0.15, -0.1) is 0 Å². The van der Waals surface area contributed by atoms with E-state index in [2.05, 4.69) is 5.32 Å². The highest BCUT2D eigenvalue weighted by atomic mass is 16.4. The van der Waals surface area contributed by atoms with E-state index in [1.165, 1.54) is 0 Å². The van der Waals surface area contributed by atoms with Gasteiger partial charge in [0.05, 0.1) is 6.54 Å². The van der Waals surface area contributed by atoms with Gasteiger partial charge < -0.3 is 21.3 Å². The molecule has 6 nitrogen and oxygen atoms in total. The van der Waals surface area contributed by atoms with Crippen molar-refractivity contribution < 1.29 is 19.8 Å². The van der Waals surface area contributed by atoms with Gasteiger partial charge in [0.15, 0.2) is 6.10 Å². The normalized spacial score (nSPS) is 13.2. The molecule has 0 rings (SSSR count). The molecule has 6 heteroatoms. The van der Waals surface area contributed by atoms with E-state index in [1.54, 1.807) is 0 Å². The van der Waals surface area contributed by atoms with Gasteiger partial charge in [-0.3, -0.25) is 4.79 Å². The molecule has 0 aromatic carbocycles. The zero-order valence-corrected chi connectivity index (χ0v) is 10.4. The Hall–Kier alpha value is -1.14. The molecule has 0 spiro atoms. The van der Waals surface area contributed by atoms with E-state index in [1.807, 2.05) is 13.8 Å². The maximum absolute atomic E-state index is 11.4. The molecule has 0 aromatic rings. The molecule has 0 bridgehead atoms. The third kappa shape index (κ3) is 7.70. The van der Waals surface area contributed by atoms with Crippen LogP contribution in [0.5, 0.6) is 0 Å². The number of aliphatic carboxylic acids is 1. The van der Waals surface area contributed by atoms with Crippen molar-refractivity contribution in [1.29, 1.82) is 0 Å². The first-order chi connectivity index (χ1) is 7.78. The molecule has 0 saturated carbocycles. The van der Waals surface area contributed by atoms with E-state index in [0.29, 0.717) is 19.4 Å². The summed E-state index contributed by atoms with van der Waals surface area (Å²) in [7, 11) is 0. The van der Waals surface area contributed by atoms with Crippen molar-refractivity contribution in [2.75, 3.05) is 13.1 Å². The number of rotatable bonds is 8. The van der Waals surface area contributed by atoms with Crippen LogP contribution in [0.15, 0.2) is 0 Å². The standard InChI is InChI=1S/C11H22N2O4/c1-11(2,5-6-12)4-3-9(15)13-7-8(14)10(16)17/h8,14H,3-7,12H2,1-2H3,(H,13,15)(H,16,17)/t8-/m0/s1. The van der Waals surface area contributed by atoms with Crippen molar-refractivity contribution in [3.8, 4) is 0 Å². The first-order valence-corrected chi connectivity index (χ1v) is 5.66. The number of carbonyl (C=O) groups is 2. The Kier molecular flexibility index (Phi) is 6.75. The van der Waals surface area contributed by atoms with Crippen LogP contribution in [0.25, 0.3) is 0 Å². The first-order valence-electron chi connectivity index (χ1n) is 5.66. The largest absolute Gasteiger partial charge is 0.479 e. The molecule has 0 fully saturated rings. The molecular weight excluding hydrogens is 224 g/mol. The molecule has 1 amide bonds. The minimum atomic E-state index is -1.55. The molecule has 0 aliphatic heterocycles. The highest BCUT2D eigenvalue weighted by Crippen LogP contribution is 2.25. The molecule has 0 unspecified atom stereocenters. The van der Waals surface area contributed by atoms with Gasteiger partial charge in [0, 0.05) is 6.42 Å². The third-order valence-electron chi connectivity index (χ3n) is 2.63. The SMILES string of the molecule is CC(C)(CCN)CCC(=O)NC[C@H](O)C(=O)O. The average Bonchev–Trinajstić information content (AvgIpc) is 2.22. The fourth-order valence-corrected chi connectivity index (χ4v) is 1.35. The van der Waals surface area contributed by atoms with Crippen LogP contribution in [0.1, 0.15) is 33.1 Å². The van der Waals surface area contributed by atoms with E-state index in [0.717, 1.165) is 6.42 Å². The predicted molar refractivity (Wildman–Crippen MR) is 63.3 cm³/mol. The van der Waals surface area contributed by atoms with Crippen LogP contribution >= 0.6 is 0 Å². The van der Waals surface area contributed by atoms with E-state index in [4.69, 9.17) is 15.9 Å². The molecule has 100 valence electrons. The minimum absolute atomic E-state index is 0.00248. The molecule has 0 aliphatic rings. The van der Waals surface area contributed by atoms with Gasteiger partial charge >= 0.3 is 5.97 Å². The van der Waals surface area contributed by atoms with Gasteiger partial charge in [-0.2, -0.15) is 0 Å². The second kappa shape index (κ2) is 7.24. The molecule has 0 heterocycles. The number of nitrogens with one attached hydrogen (secondary N) is 1. The van der Waals surface area contributed by atoms with Gasteiger partial charge in [-0.25, -0.2) is 4.79 Å². The van der Waals surface area contributed by atoms with Crippen LogP contribution in [0.2, 0.25) is 0 Å². The van der Waals surface area contributed by atoms with Crippen molar-refractivity contribution in [3.63, 3.8) is 0 Å². The number of hydrogen-bond acceptors (Lipinski definition) is 4. The van der Waals surface area contributed by atoms with Crippen molar-refractivity contribution in [3.05, 3.63) is 0 Å². The Labute approximate surface area is 101 Å². The molecule has 0 radical (unpaired) electrons. The third-order valence-corrected chi connectivity index (χ3v) is 2.63. The summed E-state index contributed by atoms with van der Waals surface area (Å²) < 4.78 is 0. The Morgan fingerprint density at radius 3 is 2.41 bits per heavy atom. The molecule has 1 atom stereocenters. The second-order valence-electron chi connectivity index (χ2n) is 4.86. The minimum Gasteiger partial charge on any atom is -0.479 e. The average molecular weight is 246 g/mol. The predicted octanol–water partition coefficient (Wildman–Crippen LogP) is -0.297. The van der Waals surface area contributed by atoms with Crippen molar-refractivity contribution in [2.45, 2.75) is 39.2 Å². The number of hydrogen-bond donors (Lipinski definition) is 4. The lowest BCUT2D eigenvalue weighted by molar-refractivity contribution is -0.146. The van der Waals surface area contributed by atoms with Crippen LogP contribution in [-0.2, 0) is 9.59 Å². The number of carboxylic acid groups (broad SMARTS) is 1. The highest BCUT2D eigenvalue weighted by Gasteiger charge is 2.19. The Bertz CT molecular complexity index is 266. The van der Waals surface area contributed by atoms with Crippen LogP contribution in [-0.4, -0.2) is 41.3 Å². The van der Waals surface area contributed by atoms with Gasteiger partial charge in [0.25, 0.3) is 0 Å². The summed E-state index contributed by atoms with van der Waals surface area (Å²) in [5.74, 6) is -1.59. The van der Waals surface area contributed by atoms with E-state index < -0.39 is 12.1 Å². The van der Waals surface area contributed by atoms with Gasteiger partial charge in [0.2, 0.25) is 5.91 Å². The lowest BCUT2D eigenvalue weighted by atomic mass is 9.84. The van der Waals surface area contributed by atoms with E-state index in [9.17, 15) is 9.59 Å². The molecule has 0 aliphatic carbocycles. The summed E-state index contributed by atoms with van der Waals surface area (Å²) in [5.41, 5.74) is 5.45. The van der Waals surface area contributed by atoms with Crippen LogP contribution in [0.3, 0.4) is 0 Å². The Morgan fingerprint density at radius 2 is 1.94 bits per heavy atom. The Morgan fingerprint density at radius 1 is 1.35 bits per heavy atom. The quantitative estimate of drug-likeness (QED) is 0.470. The van der Waals surface area contributed by atoms with Crippen LogP contribution < -0.4 is 11.1 Å². The maximum atomic E-state index is 11.4. The summed E-state index contributed by atoms with van der Waals surface area (Å²) in [6, 6.07) is 0. The summed E-state index contributed by atoms with van der Waals surface area (Å²) in [6.07, 6.45) is 0.271. The summed E-state index contributed by atoms with van der Waals surface area (Å²) >= 11 is 0. The zero-order valence-electron chi connectivity index (χ0n) is 10.4. The smallest absolute Gasteiger partial charge is 0.334 e. The van der Waals surface area contributed by atoms with Crippen molar-refractivity contribution in [1.82, 2.24) is 5.32 Å². The number of aliphatic hydroxyl groups is 1. The number of aliphatic hydroxyl groups excluding tert-OH is 1. The topological polar surface area (TPSA) is 113 Å². The van der Waals surface area contributed by atoms with E-state index >= 15 is 0 Å². The molecule has 17 heavy (non-hydrogen) atoms. The summed E-state index contributed by atoms with van der Waals surface area (Å²) in [5, 5.41) is 19.7. The van der Waals surface area contributed by atoms with Gasteiger partial charge in [0.1, 0.15) is 0 Å². The van der Waals surface area contributed by atoms with Crippen molar-refractivity contribution in [2.24, 2.45) is 11.1 Å². The monoisotopic (exact) mass is 246 g/mol. The molecular formula is C11H22N2O4. The summed E-state index contributed by atoms with van der Waals surface area (Å²) in [4.78, 5) is 21.7. The maximum Gasteiger partial charge on any atom is 0.334 e. The number of amides is 1. The van der Waals surface area contributed by atoms with Crippen LogP contribution in [0.4, 0.5) is 0 Å². The van der Waals surface area contributed by atoms with Gasteiger partial charge in [-0.05, 0) is 24.8 Å². The fourth-order valence-electron chi connectivity index (χ4n) is 1.35. The van der Waals surface area contributed by atoms with E-state index in [-0.39, 0.29) is 17.9 Å². The number of nitrogens with two attached hydrogens (primary N) is 1. The summed E-state index contributed by atoms with van der Waals surface area (Å²) in [6.45, 7) is 4.37. The zero-order chi connectivity index (χ0) is 13.5. The number of carbonyl (C=O) groups excluding carboxylic acids is 1. The Balaban J connectivity index is 3.84. The number of carboxylic acids is 1. The lowest BCUT2D eigenvalue weighted by Crippen LogP contribution is -2.36. The lowest BCUT2D eigenvalue weighted by Gasteiger charge is -2.23. The highest BCUT2D eigenvalue weighted by molar-refractivity contribution is 5.77. The fraction of sp³-hybridized carbons (Fsp3) is 0.818.